The Kier molecular flexibility index (Phi) is 5.25. The van der Waals surface area contributed by atoms with E-state index in [1.54, 1.807) is 24.3 Å². The zero-order chi connectivity index (χ0) is 20.5. The zero-order valence-electron chi connectivity index (χ0n) is 16.7. The fraction of sp³-hybridized carbons (Fsp3) is 0.391. The van der Waals surface area contributed by atoms with Crippen molar-refractivity contribution in [2.75, 3.05) is 26.2 Å². The van der Waals surface area contributed by atoms with Gasteiger partial charge in [0, 0.05) is 26.1 Å². The minimum Gasteiger partial charge on any atom is -0.456 e. The monoisotopic (exact) mass is 407 g/mol. The predicted octanol–water partition coefficient (Wildman–Crippen LogP) is 1.97. The number of para-hydroxylation sites is 1. The maximum Gasteiger partial charge on any atom is 0.311 e. The van der Waals surface area contributed by atoms with Crippen molar-refractivity contribution in [1.29, 1.82) is 0 Å². The van der Waals surface area contributed by atoms with Gasteiger partial charge in [-0.05, 0) is 42.8 Å². The number of fused-ring (bicyclic) bond motifs is 3. The number of carbonyl (C=O) groups excluding carboxylic acids is 1. The summed E-state index contributed by atoms with van der Waals surface area (Å²) in [6, 6.07) is 12.5. The third-order valence-corrected chi connectivity index (χ3v) is 5.90. The number of rotatable bonds is 3. The molecule has 1 aromatic heterocycles. The summed E-state index contributed by atoms with van der Waals surface area (Å²) >= 11 is 0. The molecule has 30 heavy (non-hydrogen) atoms. The molecule has 0 radical (unpaired) electrons. The Bertz CT molecular complexity index is 1140. The second kappa shape index (κ2) is 8.18. The molecule has 2 atom stereocenters. The molecule has 3 aromatic rings. The van der Waals surface area contributed by atoms with Gasteiger partial charge < -0.3 is 14.5 Å². The summed E-state index contributed by atoms with van der Waals surface area (Å²) in [5, 5.41) is 7.86. The Morgan fingerprint density at radius 2 is 2.00 bits per heavy atom. The van der Waals surface area contributed by atoms with Crippen LogP contribution in [0.3, 0.4) is 0 Å². The number of ether oxygens (including phenoxy) is 1. The third kappa shape index (κ3) is 3.84. The topological polar surface area (TPSA) is 83.8 Å². The van der Waals surface area contributed by atoms with E-state index in [4.69, 9.17) is 9.15 Å². The minimum absolute atomic E-state index is 0.0861. The highest BCUT2D eigenvalue weighted by atomic mass is 16.6. The lowest BCUT2D eigenvalue weighted by molar-refractivity contribution is -0.154. The first-order chi connectivity index (χ1) is 14.7. The molecule has 5 rings (SSSR count). The predicted molar refractivity (Wildman–Crippen MR) is 114 cm³/mol. The van der Waals surface area contributed by atoms with Crippen LogP contribution in [0.2, 0.25) is 0 Å². The number of nitrogens with one attached hydrogen (secondary N) is 2. The van der Waals surface area contributed by atoms with Crippen molar-refractivity contribution < 1.29 is 13.9 Å². The number of benzene rings is 2. The summed E-state index contributed by atoms with van der Waals surface area (Å²) in [5.74, 6) is -0.299. The van der Waals surface area contributed by atoms with Crippen molar-refractivity contribution >= 4 is 27.9 Å². The molecule has 2 saturated heterocycles. The lowest BCUT2D eigenvalue weighted by Gasteiger charge is -2.38. The van der Waals surface area contributed by atoms with Crippen LogP contribution in [0.25, 0.3) is 21.9 Å². The first kappa shape index (κ1) is 19.2. The van der Waals surface area contributed by atoms with Crippen molar-refractivity contribution in [2.45, 2.75) is 31.7 Å². The summed E-state index contributed by atoms with van der Waals surface area (Å²) in [7, 11) is 0. The van der Waals surface area contributed by atoms with E-state index in [2.05, 4.69) is 15.5 Å². The van der Waals surface area contributed by atoms with E-state index in [0.717, 1.165) is 44.6 Å². The SMILES string of the molecule is O=C(Cc1ccc2oc3ccccc3c(=O)c2c1)OC1CCN2CCCNCC2N1. The molecule has 0 amide bonds. The lowest BCUT2D eigenvalue weighted by atomic mass is 10.1. The van der Waals surface area contributed by atoms with Gasteiger partial charge in [-0.2, -0.15) is 0 Å². The molecule has 0 aliphatic carbocycles. The van der Waals surface area contributed by atoms with E-state index in [1.165, 1.54) is 0 Å². The molecule has 2 fully saturated rings. The van der Waals surface area contributed by atoms with Crippen LogP contribution in [0.5, 0.6) is 0 Å². The normalized spacial score (nSPS) is 22.5. The molecule has 2 aliphatic heterocycles. The Labute approximate surface area is 174 Å². The molecule has 156 valence electrons. The van der Waals surface area contributed by atoms with Gasteiger partial charge in [-0.15, -0.1) is 0 Å². The van der Waals surface area contributed by atoms with Crippen LogP contribution >= 0.6 is 0 Å². The molecular formula is C23H25N3O4. The van der Waals surface area contributed by atoms with Gasteiger partial charge in [0.25, 0.3) is 0 Å². The van der Waals surface area contributed by atoms with Gasteiger partial charge in [0.1, 0.15) is 11.2 Å². The summed E-state index contributed by atoms with van der Waals surface area (Å²) in [6.07, 6.45) is 1.93. The van der Waals surface area contributed by atoms with Crippen LogP contribution < -0.4 is 16.1 Å². The van der Waals surface area contributed by atoms with Crippen molar-refractivity contribution in [3.63, 3.8) is 0 Å². The van der Waals surface area contributed by atoms with Crippen molar-refractivity contribution in [2.24, 2.45) is 0 Å². The van der Waals surface area contributed by atoms with E-state index >= 15 is 0 Å². The summed E-state index contributed by atoms with van der Waals surface area (Å²) in [4.78, 5) is 27.8. The molecular weight excluding hydrogens is 382 g/mol. The third-order valence-electron chi connectivity index (χ3n) is 5.90. The molecule has 0 saturated carbocycles. The average molecular weight is 407 g/mol. The minimum atomic E-state index is -0.299. The highest BCUT2D eigenvalue weighted by Crippen LogP contribution is 2.20. The van der Waals surface area contributed by atoms with Crippen LogP contribution in [0.4, 0.5) is 0 Å². The van der Waals surface area contributed by atoms with Gasteiger partial charge in [-0.25, -0.2) is 0 Å². The van der Waals surface area contributed by atoms with Crippen LogP contribution in [0, 0.1) is 0 Å². The molecule has 2 aromatic carbocycles. The van der Waals surface area contributed by atoms with Gasteiger partial charge in [0.15, 0.2) is 6.23 Å². The number of carbonyl (C=O) groups is 1. The number of esters is 1. The van der Waals surface area contributed by atoms with Crippen LogP contribution in [-0.2, 0) is 16.0 Å². The molecule has 0 spiro atoms. The fourth-order valence-electron chi connectivity index (χ4n) is 4.36. The van der Waals surface area contributed by atoms with E-state index in [9.17, 15) is 9.59 Å². The second-order valence-corrected chi connectivity index (χ2v) is 7.98. The fourth-order valence-corrected chi connectivity index (χ4v) is 4.36. The zero-order valence-corrected chi connectivity index (χ0v) is 16.7. The van der Waals surface area contributed by atoms with E-state index < -0.39 is 0 Å². The standard InChI is InChI=1S/C23H25N3O4/c27-22(30-21-8-11-26-10-3-9-24-14-20(26)25-21)13-15-6-7-19-17(12-15)23(28)16-4-1-2-5-18(16)29-19/h1-2,4-7,12,20-21,24-25H,3,8-11,13-14H2. The summed E-state index contributed by atoms with van der Waals surface area (Å²) < 4.78 is 11.5. The second-order valence-electron chi connectivity index (χ2n) is 7.98. The Morgan fingerprint density at radius 3 is 2.93 bits per heavy atom. The molecule has 3 heterocycles. The van der Waals surface area contributed by atoms with Gasteiger partial charge in [0.05, 0.1) is 23.4 Å². The van der Waals surface area contributed by atoms with Gasteiger partial charge in [-0.1, -0.05) is 18.2 Å². The van der Waals surface area contributed by atoms with Crippen LogP contribution in [0.1, 0.15) is 18.4 Å². The van der Waals surface area contributed by atoms with Crippen molar-refractivity contribution in [3.8, 4) is 0 Å². The Balaban J connectivity index is 1.29. The average Bonchev–Trinajstić information content (AvgIpc) is 2.99. The van der Waals surface area contributed by atoms with Gasteiger partial charge in [-0.3, -0.25) is 19.8 Å². The number of hydrogen-bond donors (Lipinski definition) is 2. The molecule has 7 heteroatoms. The quantitative estimate of drug-likeness (QED) is 0.507. The Morgan fingerprint density at radius 1 is 1.13 bits per heavy atom. The first-order valence-corrected chi connectivity index (χ1v) is 10.5. The molecule has 0 bridgehead atoms. The van der Waals surface area contributed by atoms with Crippen molar-refractivity contribution in [1.82, 2.24) is 15.5 Å². The summed E-state index contributed by atoms with van der Waals surface area (Å²) in [5.41, 5.74) is 1.74. The molecule has 2 unspecified atom stereocenters. The highest BCUT2D eigenvalue weighted by Gasteiger charge is 2.30. The smallest absolute Gasteiger partial charge is 0.311 e. The molecule has 2 aliphatic rings. The van der Waals surface area contributed by atoms with Crippen LogP contribution in [0.15, 0.2) is 51.7 Å². The molecule has 7 nitrogen and oxygen atoms in total. The maximum atomic E-state index is 12.8. The van der Waals surface area contributed by atoms with Crippen LogP contribution in [-0.4, -0.2) is 49.4 Å². The van der Waals surface area contributed by atoms with Gasteiger partial charge in [0.2, 0.25) is 5.43 Å². The van der Waals surface area contributed by atoms with Crippen molar-refractivity contribution in [3.05, 3.63) is 58.3 Å². The number of hydrogen-bond acceptors (Lipinski definition) is 7. The largest absolute Gasteiger partial charge is 0.456 e. The van der Waals surface area contributed by atoms with E-state index in [-0.39, 0.29) is 30.2 Å². The molecule has 2 N–H and O–H groups in total. The van der Waals surface area contributed by atoms with E-state index in [0.29, 0.717) is 21.9 Å². The van der Waals surface area contributed by atoms with E-state index in [1.807, 2.05) is 18.2 Å². The first-order valence-electron chi connectivity index (χ1n) is 10.5. The van der Waals surface area contributed by atoms with Gasteiger partial charge >= 0.3 is 5.97 Å². The summed E-state index contributed by atoms with van der Waals surface area (Å²) in [6.45, 7) is 3.84. The highest BCUT2D eigenvalue weighted by molar-refractivity contribution is 5.90. The lowest BCUT2D eigenvalue weighted by Crippen LogP contribution is -2.59. The maximum absolute atomic E-state index is 12.8. The number of nitrogens with zero attached hydrogens (tertiary/aromatic N) is 1. The Hall–Kier alpha value is -2.74.